The van der Waals surface area contributed by atoms with Crippen molar-refractivity contribution in [3.05, 3.63) is 65.7 Å². The molecule has 1 N–H and O–H groups in total. The molecule has 2 aromatic rings. The van der Waals surface area contributed by atoms with Gasteiger partial charge >= 0.3 is 0 Å². The summed E-state index contributed by atoms with van der Waals surface area (Å²) in [5.74, 6) is 0.313. The molecule has 0 aromatic heterocycles. The van der Waals surface area contributed by atoms with E-state index < -0.39 is 10.0 Å². The number of rotatable bonds is 9. The number of carbonyl (C=O) groups excluding carboxylic acids is 1. The molecule has 0 unspecified atom stereocenters. The van der Waals surface area contributed by atoms with Gasteiger partial charge in [-0.15, -0.1) is 0 Å². The molecule has 0 atom stereocenters. The lowest BCUT2D eigenvalue weighted by atomic mass is 9.94. The minimum Gasteiger partial charge on any atom is -0.355 e. The Labute approximate surface area is 210 Å². The van der Waals surface area contributed by atoms with Crippen LogP contribution >= 0.6 is 0 Å². The fraction of sp³-hybridized carbons (Fsp3) is 0.519. The maximum absolute atomic E-state index is 12.9. The van der Waals surface area contributed by atoms with Gasteiger partial charge in [0.05, 0.1) is 4.90 Å². The molecule has 0 spiro atoms. The Morgan fingerprint density at radius 1 is 0.886 bits per heavy atom. The van der Waals surface area contributed by atoms with Crippen molar-refractivity contribution in [2.24, 2.45) is 5.92 Å². The van der Waals surface area contributed by atoms with E-state index in [2.05, 4.69) is 45.4 Å². The number of hydrogen-bond acceptors (Lipinski definition) is 5. The first-order chi connectivity index (χ1) is 16.9. The summed E-state index contributed by atoms with van der Waals surface area (Å²) in [7, 11) is -3.46. The summed E-state index contributed by atoms with van der Waals surface area (Å²) >= 11 is 0. The van der Waals surface area contributed by atoms with E-state index in [1.54, 1.807) is 16.4 Å². The van der Waals surface area contributed by atoms with Crippen molar-refractivity contribution in [1.29, 1.82) is 0 Å². The molecule has 2 aliphatic heterocycles. The van der Waals surface area contributed by atoms with Crippen LogP contribution in [0.25, 0.3) is 0 Å². The highest BCUT2D eigenvalue weighted by Crippen LogP contribution is 2.25. The minimum absolute atomic E-state index is 0.0764. The average molecular weight is 499 g/mol. The molecule has 2 aromatic carbocycles. The fourth-order valence-corrected chi connectivity index (χ4v) is 6.38. The van der Waals surface area contributed by atoms with Crippen LogP contribution in [-0.2, 0) is 21.4 Å². The Bertz CT molecular complexity index is 1040. The monoisotopic (exact) mass is 498 g/mol. The lowest BCUT2D eigenvalue weighted by molar-refractivity contribution is -0.122. The van der Waals surface area contributed by atoms with Crippen molar-refractivity contribution in [2.75, 3.05) is 52.4 Å². The zero-order valence-electron chi connectivity index (χ0n) is 20.7. The topological polar surface area (TPSA) is 73.0 Å². The maximum atomic E-state index is 12.9. The Morgan fingerprint density at radius 2 is 1.51 bits per heavy atom. The Morgan fingerprint density at radius 3 is 2.17 bits per heavy atom. The van der Waals surface area contributed by atoms with Crippen molar-refractivity contribution in [1.82, 2.24) is 19.4 Å². The van der Waals surface area contributed by atoms with E-state index in [1.165, 1.54) is 5.56 Å². The third kappa shape index (κ3) is 7.36. The first kappa shape index (κ1) is 25.8. The van der Waals surface area contributed by atoms with Crippen LogP contribution in [0, 0.1) is 12.8 Å². The van der Waals surface area contributed by atoms with Gasteiger partial charge in [0, 0.05) is 65.3 Å². The summed E-state index contributed by atoms with van der Waals surface area (Å²) in [6.07, 6.45) is 1.92. The van der Waals surface area contributed by atoms with Gasteiger partial charge in [-0.25, -0.2) is 8.42 Å². The summed E-state index contributed by atoms with van der Waals surface area (Å²) in [5.41, 5.74) is 2.39. The SMILES string of the molecule is Cc1ccc(S(=O)(=O)N2CCC(CC(=O)NCCN3CCN(Cc4ccccc4)CC3)CC2)cc1. The summed E-state index contributed by atoms with van der Waals surface area (Å²) in [4.78, 5) is 17.7. The van der Waals surface area contributed by atoms with E-state index in [0.717, 1.165) is 57.7 Å². The molecule has 7 nitrogen and oxygen atoms in total. The summed E-state index contributed by atoms with van der Waals surface area (Å²) in [6.45, 7) is 9.57. The number of amides is 1. The predicted molar refractivity (Wildman–Crippen MR) is 138 cm³/mol. The number of sulfonamides is 1. The van der Waals surface area contributed by atoms with E-state index in [4.69, 9.17) is 0 Å². The third-order valence-corrected chi connectivity index (χ3v) is 9.08. The van der Waals surface area contributed by atoms with Crippen LogP contribution in [0.3, 0.4) is 0 Å². The Balaban J connectivity index is 1.11. The quantitative estimate of drug-likeness (QED) is 0.576. The van der Waals surface area contributed by atoms with Gasteiger partial charge in [-0.05, 0) is 43.4 Å². The molecule has 8 heteroatoms. The Kier molecular flexibility index (Phi) is 8.94. The molecule has 190 valence electrons. The summed E-state index contributed by atoms with van der Waals surface area (Å²) < 4.78 is 27.3. The van der Waals surface area contributed by atoms with E-state index in [0.29, 0.717) is 31.0 Å². The summed E-state index contributed by atoms with van der Waals surface area (Å²) in [5, 5.41) is 3.07. The molecule has 4 rings (SSSR count). The minimum atomic E-state index is -3.46. The molecule has 0 radical (unpaired) electrons. The lowest BCUT2D eigenvalue weighted by Crippen LogP contribution is -2.48. The van der Waals surface area contributed by atoms with Crippen LogP contribution in [0.5, 0.6) is 0 Å². The molecule has 2 fully saturated rings. The molecule has 0 saturated carbocycles. The lowest BCUT2D eigenvalue weighted by Gasteiger charge is -2.34. The smallest absolute Gasteiger partial charge is 0.243 e. The number of nitrogens with one attached hydrogen (secondary N) is 1. The predicted octanol–water partition coefficient (Wildman–Crippen LogP) is 2.72. The first-order valence-electron chi connectivity index (χ1n) is 12.7. The molecule has 2 heterocycles. The van der Waals surface area contributed by atoms with Gasteiger partial charge in [-0.3, -0.25) is 14.6 Å². The molecule has 0 bridgehead atoms. The van der Waals surface area contributed by atoms with Crippen molar-refractivity contribution in [2.45, 2.75) is 37.6 Å². The molecule has 35 heavy (non-hydrogen) atoms. The highest BCUT2D eigenvalue weighted by atomic mass is 32.2. The van der Waals surface area contributed by atoms with Gasteiger partial charge in [-0.2, -0.15) is 4.31 Å². The van der Waals surface area contributed by atoms with Crippen LogP contribution in [-0.4, -0.2) is 80.8 Å². The van der Waals surface area contributed by atoms with Crippen molar-refractivity contribution >= 4 is 15.9 Å². The number of piperazine rings is 1. The van der Waals surface area contributed by atoms with Crippen molar-refractivity contribution in [3.8, 4) is 0 Å². The average Bonchev–Trinajstić information content (AvgIpc) is 2.86. The number of nitrogens with zero attached hydrogens (tertiary/aromatic N) is 3. The number of piperidine rings is 1. The Hall–Kier alpha value is -2.26. The van der Waals surface area contributed by atoms with Crippen LogP contribution in [0.1, 0.15) is 30.4 Å². The van der Waals surface area contributed by atoms with Gasteiger partial charge in [0.25, 0.3) is 0 Å². The van der Waals surface area contributed by atoms with E-state index in [9.17, 15) is 13.2 Å². The van der Waals surface area contributed by atoms with Gasteiger partial charge in [0.15, 0.2) is 0 Å². The van der Waals surface area contributed by atoms with E-state index >= 15 is 0 Å². The van der Waals surface area contributed by atoms with E-state index in [1.807, 2.05) is 19.1 Å². The highest BCUT2D eigenvalue weighted by molar-refractivity contribution is 7.89. The van der Waals surface area contributed by atoms with Gasteiger partial charge in [0.2, 0.25) is 15.9 Å². The van der Waals surface area contributed by atoms with Crippen LogP contribution in [0.4, 0.5) is 0 Å². The zero-order chi connectivity index (χ0) is 24.7. The second-order valence-corrected chi connectivity index (χ2v) is 11.8. The van der Waals surface area contributed by atoms with Crippen molar-refractivity contribution in [3.63, 3.8) is 0 Å². The second kappa shape index (κ2) is 12.1. The van der Waals surface area contributed by atoms with Crippen LogP contribution < -0.4 is 5.32 Å². The third-order valence-electron chi connectivity index (χ3n) is 7.17. The zero-order valence-corrected chi connectivity index (χ0v) is 21.5. The van der Waals surface area contributed by atoms with Gasteiger partial charge in [0.1, 0.15) is 0 Å². The molecular weight excluding hydrogens is 460 g/mol. The first-order valence-corrected chi connectivity index (χ1v) is 14.2. The number of aryl methyl sites for hydroxylation is 1. The highest BCUT2D eigenvalue weighted by Gasteiger charge is 2.30. The van der Waals surface area contributed by atoms with Crippen molar-refractivity contribution < 1.29 is 13.2 Å². The van der Waals surface area contributed by atoms with Crippen LogP contribution in [0.15, 0.2) is 59.5 Å². The molecule has 2 saturated heterocycles. The normalized spacial score (nSPS) is 19.0. The molecule has 0 aliphatic carbocycles. The van der Waals surface area contributed by atoms with Gasteiger partial charge < -0.3 is 5.32 Å². The van der Waals surface area contributed by atoms with Gasteiger partial charge in [-0.1, -0.05) is 48.0 Å². The standard InChI is InChI=1S/C27H38N4O3S/c1-23-7-9-26(10-8-23)35(33,34)31-14-11-24(12-15-31)21-27(32)28-13-16-29-17-19-30(20-18-29)22-25-5-3-2-4-6-25/h2-10,24H,11-22H2,1H3,(H,28,32). The van der Waals surface area contributed by atoms with E-state index in [-0.39, 0.29) is 11.8 Å². The van der Waals surface area contributed by atoms with Crippen LogP contribution in [0.2, 0.25) is 0 Å². The number of benzene rings is 2. The second-order valence-electron chi connectivity index (χ2n) is 9.82. The fourth-order valence-electron chi connectivity index (χ4n) is 4.91. The number of carbonyl (C=O) groups is 1. The molecular formula is C27H38N4O3S. The number of hydrogen-bond donors (Lipinski definition) is 1. The molecule has 2 aliphatic rings. The maximum Gasteiger partial charge on any atom is 0.243 e. The summed E-state index contributed by atoms with van der Waals surface area (Å²) in [6, 6.07) is 17.6. The molecule has 1 amide bonds. The largest absolute Gasteiger partial charge is 0.355 e.